The number of hydrogen-bond donors (Lipinski definition) is 0. The first-order valence-electron chi connectivity index (χ1n) is 10.8. The molecule has 5 rings (SSSR count). The smallest absolute Gasteiger partial charge is 0.253 e. The molecule has 2 amide bonds. The van der Waals surface area contributed by atoms with Crippen molar-refractivity contribution in [1.82, 2.24) is 19.8 Å². The lowest BCUT2D eigenvalue weighted by molar-refractivity contribution is -0.140. The highest BCUT2D eigenvalue weighted by atomic mass is 35.5. The van der Waals surface area contributed by atoms with Crippen LogP contribution in [0.5, 0.6) is 0 Å². The minimum Gasteiger partial charge on any atom is -0.345 e. The summed E-state index contributed by atoms with van der Waals surface area (Å²) in [5.41, 5.74) is 0.0405. The molecule has 31 heavy (non-hydrogen) atoms. The molecule has 4 heterocycles. The van der Waals surface area contributed by atoms with E-state index in [1.807, 2.05) is 16.8 Å². The Bertz CT molecular complexity index is 991. The maximum absolute atomic E-state index is 13.4. The molecule has 0 N–H and O–H groups in total. The average molecular weight is 440 g/mol. The average Bonchev–Trinajstić information content (AvgIpc) is 3.28. The highest BCUT2D eigenvalue weighted by Crippen LogP contribution is 2.58. The van der Waals surface area contributed by atoms with E-state index in [-0.39, 0.29) is 17.2 Å². The van der Waals surface area contributed by atoms with E-state index in [1.165, 1.54) is 0 Å². The van der Waals surface area contributed by atoms with Gasteiger partial charge in [-0.1, -0.05) is 11.6 Å². The topological polar surface area (TPSA) is 69.6 Å². The van der Waals surface area contributed by atoms with Crippen LogP contribution in [0.2, 0.25) is 5.02 Å². The molecule has 3 aliphatic rings. The van der Waals surface area contributed by atoms with Crippen LogP contribution in [0.3, 0.4) is 0 Å². The summed E-state index contributed by atoms with van der Waals surface area (Å²) in [5, 5.41) is 0.620. The van der Waals surface area contributed by atoms with Crippen molar-refractivity contribution < 1.29 is 9.59 Å². The Labute approximate surface area is 187 Å². The summed E-state index contributed by atoms with van der Waals surface area (Å²) in [4.78, 5) is 41.3. The third-order valence-electron chi connectivity index (χ3n) is 7.53. The van der Waals surface area contributed by atoms with E-state index in [1.54, 1.807) is 42.7 Å². The van der Waals surface area contributed by atoms with Crippen molar-refractivity contribution in [3.8, 4) is 0 Å². The molecule has 3 saturated heterocycles. The molecule has 0 bridgehead atoms. The second kappa shape index (κ2) is 7.48. The fourth-order valence-electron chi connectivity index (χ4n) is 5.78. The van der Waals surface area contributed by atoms with E-state index in [2.05, 4.69) is 14.9 Å². The molecule has 8 heteroatoms. The Morgan fingerprint density at radius 2 is 1.68 bits per heavy atom. The number of piperidine rings is 1. The molecule has 3 fully saturated rings. The molecular weight excluding hydrogens is 414 g/mol. The maximum atomic E-state index is 13.4. The van der Waals surface area contributed by atoms with Crippen LogP contribution in [-0.4, -0.2) is 71.4 Å². The Balaban J connectivity index is 1.40. The fourth-order valence-corrected chi connectivity index (χ4v) is 5.91. The van der Waals surface area contributed by atoms with Gasteiger partial charge in [-0.15, -0.1) is 0 Å². The predicted octanol–water partition coefficient (Wildman–Crippen LogP) is 2.72. The predicted molar refractivity (Wildman–Crippen MR) is 118 cm³/mol. The number of rotatable bonds is 2. The normalized spacial score (nSPS) is 25.1. The molecule has 1 atom stereocenters. The van der Waals surface area contributed by atoms with Gasteiger partial charge in [0.15, 0.2) is 0 Å². The van der Waals surface area contributed by atoms with Gasteiger partial charge < -0.3 is 14.7 Å². The van der Waals surface area contributed by atoms with E-state index in [0.29, 0.717) is 36.2 Å². The Hall–Kier alpha value is -2.67. The standard InChI is InChI=1S/C23H26ClN5O2/c1-27-12-9-23(20(27)31)16-29(21-25-10-2-11-26-21)15-22(23)7-13-28(14-8-22)19(30)17-3-5-18(24)6-4-17/h2-6,10-11H,7-9,12-16H2,1H3/t23-/m0/s1. The highest BCUT2D eigenvalue weighted by Gasteiger charge is 2.65. The lowest BCUT2D eigenvalue weighted by Gasteiger charge is -2.46. The third-order valence-corrected chi connectivity index (χ3v) is 7.79. The molecule has 7 nitrogen and oxygen atoms in total. The van der Waals surface area contributed by atoms with E-state index in [4.69, 9.17) is 11.6 Å². The molecule has 1 aromatic carbocycles. The zero-order valence-corrected chi connectivity index (χ0v) is 18.4. The molecule has 0 aliphatic carbocycles. The van der Waals surface area contributed by atoms with E-state index >= 15 is 0 Å². The van der Waals surface area contributed by atoms with Crippen molar-refractivity contribution in [3.05, 3.63) is 53.3 Å². The van der Waals surface area contributed by atoms with E-state index in [9.17, 15) is 9.59 Å². The van der Waals surface area contributed by atoms with Crippen LogP contribution in [0.25, 0.3) is 0 Å². The van der Waals surface area contributed by atoms with Crippen molar-refractivity contribution >= 4 is 29.4 Å². The number of hydrogen-bond acceptors (Lipinski definition) is 5. The second-order valence-corrected chi connectivity index (χ2v) is 9.48. The third kappa shape index (κ3) is 3.17. The SMILES string of the molecule is CN1CC[C@]2(CN(c3ncccn3)CC23CCN(C(=O)c2ccc(Cl)cc2)CC3)C1=O. The maximum Gasteiger partial charge on any atom is 0.253 e. The number of benzene rings is 1. The van der Waals surface area contributed by atoms with Crippen molar-refractivity contribution in [2.45, 2.75) is 19.3 Å². The molecule has 0 saturated carbocycles. The van der Waals surface area contributed by atoms with Crippen LogP contribution < -0.4 is 4.90 Å². The number of halogens is 1. The van der Waals surface area contributed by atoms with Gasteiger partial charge in [-0.25, -0.2) is 9.97 Å². The number of nitrogens with zero attached hydrogens (tertiary/aromatic N) is 5. The Kier molecular flexibility index (Phi) is 4.88. The molecule has 0 radical (unpaired) electrons. The Morgan fingerprint density at radius 1 is 1.00 bits per heavy atom. The van der Waals surface area contributed by atoms with Gasteiger partial charge in [0.25, 0.3) is 5.91 Å². The quantitative estimate of drug-likeness (QED) is 0.719. The van der Waals surface area contributed by atoms with Gasteiger partial charge in [0, 0.05) is 68.2 Å². The number of amides is 2. The molecule has 0 unspecified atom stereocenters. The first-order valence-corrected chi connectivity index (χ1v) is 11.1. The van der Waals surface area contributed by atoms with Gasteiger partial charge in [-0.3, -0.25) is 9.59 Å². The number of carbonyl (C=O) groups excluding carboxylic acids is 2. The minimum absolute atomic E-state index is 0.0247. The monoisotopic (exact) mass is 439 g/mol. The number of carbonyl (C=O) groups is 2. The number of likely N-dealkylation sites (tertiary alicyclic amines) is 2. The molecule has 2 spiro atoms. The van der Waals surface area contributed by atoms with E-state index < -0.39 is 5.41 Å². The zero-order valence-electron chi connectivity index (χ0n) is 17.6. The van der Waals surface area contributed by atoms with Crippen LogP contribution in [0.4, 0.5) is 5.95 Å². The molecular formula is C23H26ClN5O2. The van der Waals surface area contributed by atoms with Crippen LogP contribution in [-0.2, 0) is 4.79 Å². The zero-order chi connectivity index (χ0) is 21.6. The number of aromatic nitrogens is 2. The van der Waals surface area contributed by atoms with Crippen LogP contribution in [0.1, 0.15) is 29.6 Å². The van der Waals surface area contributed by atoms with Crippen LogP contribution >= 0.6 is 11.6 Å². The van der Waals surface area contributed by atoms with Crippen LogP contribution in [0.15, 0.2) is 42.7 Å². The summed E-state index contributed by atoms with van der Waals surface area (Å²) in [7, 11) is 1.89. The van der Waals surface area contributed by atoms with Crippen molar-refractivity contribution in [2.24, 2.45) is 10.8 Å². The summed E-state index contributed by atoms with van der Waals surface area (Å²) in [5.74, 6) is 0.931. The molecule has 1 aromatic heterocycles. The van der Waals surface area contributed by atoms with Gasteiger partial charge in [0.1, 0.15) is 0 Å². The van der Waals surface area contributed by atoms with Gasteiger partial charge in [-0.2, -0.15) is 0 Å². The number of fused-ring (bicyclic) bond motifs is 1. The number of anilines is 1. The van der Waals surface area contributed by atoms with Gasteiger partial charge in [-0.05, 0) is 49.6 Å². The molecule has 2 aromatic rings. The largest absolute Gasteiger partial charge is 0.345 e. The second-order valence-electron chi connectivity index (χ2n) is 9.04. The first kappa shape index (κ1) is 20.2. The molecule has 162 valence electrons. The van der Waals surface area contributed by atoms with Crippen LogP contribution in [0, 0.1) is 10.8 Å². The first-order chi connectivity index (χ1) is 14.9. The molecule has 3 aliphatic heterocycles. The lowest BCUT2D eigenvalue weighted by Crippen LogP contribution is -2.53. The summed E-state index contributed by atoms with van der Waals surface area (Å²) < 4.78 is 0. The summed E-state index contributed by atoms with van der Waals surface area (Å²) in [6.45, 7) is 3.45. The minimum atomic E-state index is -0.434. The van der Waals surface area contributed by atoms with Gasteiger partial charge in [0.2, 0.25) is 11.9 Å². The van der Waals surface area contributed by atoms with Crippen molar-refractivity contribution in [1.29, 1.82) is 0 Å². The van der Waals surface area contributed by atoms with E-state index in [0.717, 1.165) is 32.4 Å². The van der Waals surface area contributed by atoms with Gasteiger partial charge >= 0.3 is 0 Å². The lowest BCUT2D eigenvalue weighted by atomic mass is 9.60. The summed E-state index contributed by atoms with van der Waals surface area (Å²) in [6, 6.07) is 8.85. The van der Waals surface area contributed by atoms with Crippen molar-refractivity contribution in [2.75, 3.05) is 44.7 Å². The Morgan fingerprint density at radius 3 is 2.29 bits per heavy atom. The summed E-state index contributed by atoms with van der Waals surface area (Å²) in [6.07, 6.45) is 5.94. The van der Waals surface area contributed by atoms with Crippen molar-refractivity contribution in [3.63, 3.8) is 0 Å². The highest BCUT2D eigenvalue weighted by molar-refractivity contribution is 6.30. The summed E-state index contributed by atoms with van der Waals surface area (Å²) >= 11 is 5.97. The van der Waals surface area contributed by atoms with Gasteiger partial charge in [0.05, 0.1) is 5.41 Å². The fraction of sp³-hybridized carbons (Fsp3) is 0.478.